The topological polar surface area (TPSA) is 81.1 Å². The average Bonchev–Trinajstić information content (AvgIpc) is 3.48. The fourth-order valence-electron chi connectivity index (χ4n) is 3.96. The zero-order valence-electron chi connectivity index (χ0n) is 21.1. The van der Waals surface area contributed by atoms with E-state index in [0.29, 0.717) is 6.04 Å². The molecule has 6 N–H and O–H groups in total. The Kier molecular flexibility index (Phi) is 13.9. The van der Waals surface area contributed by atoms with Crippen LogP contribution in [0.2, 0.25) is 0 Å². The number of piperidine rings is 1. The van der Waals surface area contributed by atoms with Crippen molar-refractivity contribution in [1.29, 1.82) is 0 Å². The average molecular weight is 455 g/mol. The second-order valence-corrected chi connectivity index (χ2v) is 8.32. The van der Waals surface area contributed by atoms with Crippen molar-refractivity contribution in [3.05, 3.63) is 73.2 Å². The van der Waals surface area contributed by atoms with Crippen molar-refractivity contribution in [2.45, 2.75) is 45.2 Å². The molecule has 6 nitrogen and oxygen atoms in total. The van der Waals surface area contributed by atoms with Crippen LogP contribution in [-0.4, -0.2) is 56.2 Å². The molecule has 2 aromatic rings. The molecule has 2 aliphatic heterocycles. The maximum Gasteiger partial charge on any atom is 0.0918 e. The molecule has 0 aliphatic carbocycles. The van der Waals surface area contributed by atoms with Crippen LogP contribution in [-0.2, 0) is 13.0 Å². The summed E-state index contributed by atoms with van der Waals surface area (Å²) >= 11 is 0. The Labute approximate surface area is 201 Å². The van der Waals surface area contributed by atoms with Crippen LogP contribution in [0.1, 0.15) is 37.4 Å². The Morgan fingerprint density at radius 1 is 1.24 bits per heavy atom. The number of rotatable bonds is 6. The quantitative estimate of drug-likeness (QED) is 0.428. The molecule has 0 saturated carbocycles. The zero-order valence-corrected chi connectivity index (χ0v) is 21.1. The molecule has 3 heterocycles. The minimum absolute atomic E-state index is 0.503. The molecule has 0 bridgehead atoms. The van der Waals surface area contributed by atoms with Gasteiger partial charge in [0, 0.05) is 30.3 Å². The Morgan fingerprint density at radius 3 is 2.58 bits per heavy atom. The summed E-state index contributed by atoms with van der Waals surface area (Å²) in [6.45, 7) is 21.3. The lowest BCUT2D eigenvalue weighted by Gasteiger charge is -2.31. The number of aromatic amines is 1. The molecule has 0 amide bonds. The highest BCUT2D eigenvalue weighted by Crippen LogP contribution is 2.18. The lowest BCUT2D eigenvalue weighted by atomic mass is 10.1. The van der Waals surface area contributed by atoms with Gasteiger partial charge in [-0.25, -0.2) is 0 Å². The van der Waals surface area contributed by atoms with E-state index in [0.717, 1.165) is 38.4 Å². The second kappa shape index (κ2) is 16.1. The molecule has 33 heavy (non-hydrogen) atoms. The van der Waals surface area contributed by atoms with Gasteiger partial charge in [0.2, 0.25) is 0 Å². The number of aryl methyl sites for hydroxylation is 1. The summed E-state index contributed by atoms with van der Waals surface area (Å²) in [5, 5.41) is 11.4. The summed E-state index contributed by atoms with van der Waals surface area (Å²) in [5.41, 5.74) is 9.61. The lowest BCUT2D eigenvalue weighted by Crippen LogP contribution is -2.45. The first-order valence-corrected chi connectivity index (χ1v) is 12.0. The Hall–Kier alpha value is -2.54. The van der Waals surface area contributed by atoms with Crippen molar-refractivity contribution < 1.29 is 0 Å². The fraction of sp³-hybridized carbons (Fsp3) is 0.481. The number of H-pyrrole nitrogens is 1. The molecular weight excluding hydrogens is 408 g/mol. The van der Waals surface area contributed by atoms with Crippen molar-refractivity contribution >= 4 is 10.9 Å². The number of fused-ring (bicyclic) bond motifs is 1. The number of hydrogen-bond donors (Lipinski definition) is 5. The van der Waals surface area contributed by atoms with E-state index < -0.39 is 0 Å². The molecule has 184 valence electrons. The van der Waals surface area contributed by atoms with Crippen LogP contribution in [0, 0.1) is 0 Å². The van der Waals surface area contributed by atoms with Crippen LogP contribution < -0.4 is 21.7 Å². The highest BCUT2D eigenvalue weighted by molar-refractivity contribution is 5.81. The van der Waals surface area contributed by atoms with Crippen molar-refractivity contribution in [1.82, 2.24) is 25.8 Å². The molecule has 1 aromatic carbocycles. The minimum atomic E-state index is 0.503. The molecule has 1 unspecified atom stereocenters. The van der Waals surface area contributed by atoms with Gasteiger partial charge in [-0.3, -0.25) is 0 Å². The molecule has 4 rings (SSSR count). The molecule has 1 aromatic heterocycles. The van der Waals surface area contributed by atoms with Crippen molar-refractivity contribution in [2.24, 2.45) is 5.73 Å². The van der Waals surface area contributed by atoms with E-state index in [2.05, 4.69) is 96.1 Å². The van der Waals surface area contributed by atoms with Crippen LogP contribution in [0.3, 0.4) is 0 Å². The number of aromatic nitrogens is 1. The summed E-state index contributed by atoms with van der Waals surface area (Å²) in [5.74, 6) is 0.915. The highest BCUT2D eigenvalue weighted by Gasteiger charge is 2.16. The van der Waals surface area contributed by atoms with Crippen LogP contribution >= 0.6 is 0 Å². The van der Waals surface area contributed by atoms with Gasteiger partial charge >= 0.3 is 0 Å². The summed E-state index contributed by atoms with van der Waals surface area (Å²) in [4.78, 5) is 5.85. The van der Waals surface area contributed by atoms with Gasteiger partial charge in [-0.1, -0.05) is 31.7 Å². The number of nitrogens with one attached hydrogen (secondary N) is 4. The van der Waals surface area contributed by atoms with Gasteiger partial charge < -0.3 is 31.6 Å². The van der Waals surface area contributed by atoms with Crippen molar-refractivity contribution in [2.75, 3.05) is 40.3 Å². The predicted octanol–water partition coefficient (Wildman–Crippen LogP) is 3.89. The van der Waals surface area contributed by atoms with Gasteiger partial charge in [-0.15, -0.1) is 13.2 Å². The number of nitrogens with zero attached hydrogens (tertiary/aromatic N) is 1. The molecule has 2 aliphatic rings. The standard InChI is InChI=1S/C19H28N4.C5H9N.C2H4.CH5N/c1-4-15-7-8-19-16(10-15)11-18(22-19)12-20-14(2)21-17-6-5-9-23(3)13-17;1-5-2-3-6-4-5;2*1-2/h7-8,10-11,17,20-22H,2,4-6,9,12-13H2,1,3H3;6H,1-4H2;1-2H2;2H2,1H3. The van der Waals surface area contributed by atoms with Gasteiger partial charge in [0.15, 0.2) is 0 Å². The molecule has 2 saturated heterocycles. The maximum absolute atomic E-state index is 4.50. The molecule has 6 heteroatoms. The SMILES string of the molecule is C=C.C=C(NCc1cc2cc(CC)ccc2[nH]1)NC1CCCN(C)C1.C=C1CCNC1.CN. The second-order valence-electron chi connectivity index (χ2n) is 8.32. The maximum atomic E-state index is 4.50. The predicted molar refractivity (Wildman–Crippen MR) is 145 cm³/mol. The van der Waals surface area contributed by atoms with E-state index in [4.69, 9.17) is 0 Å². The smallest absolute Gasteiger partial charge is 0.0918 e. The van der Waals surface area contributed by atoms with E-state index in [-0.39, 0.29) is 0 Å². The lowest BCUT2D eigenvalue weighted by molar-refractivity contribution is 0.233. The summed E-state index contributed by atoms with van der Waals surface area (Å²) in [7, 11) is 3.68. The summed E-state index contributed by atoms with van der Waals surface area (Å²) in [6, 6.07) is 9.35. The Morgan fingerprint density at radius 2 is 2.00 bits per heavy atom. The molecule has 1 atom stereocenters. The zero-order chi connectivity index (χ0) is 24.6. The van der Waals surface area contributed by atoms with E-state index >= 15 is 0 Å². The number of benzene rings is 1. The third-order valence-electron chi connectivity index (χ3n) is 5.67. The minimum Gasteiger partial charge on any atom is -0.368 e. The molecule has 0 spiro atoms. The van der Waals surface area contributed by atoms with Crippen molar-refractivity contribution in [3.63, 3.8) is 0 Å². The number of nitrogens with two attached hydrogens (primary N) is 1. The van der Waals surface area contributed by atoms with E-state index in [9.17, 15) is 0 Å². The Balaban J connectivity index is 0.000000460. The molecular formula is C27H46N6. The third-order valence-corrected chi connectivity index (χ3v) is 5.67. The Bertz CT molecular complexity index is 832. The van der Waals surface area contributed by atoms with Crippen LogP contribution in [0.5, 0.6) is 0 Å². The van der Waals surface area contributed by atoms with Gasteiger partial charge in [-0.05, 0) is 82.0 Å². The fourth-order valence-corrected chi connectivity index (χ4v) is 3.96. The molecule has 2 fully saturated rings. The largest absolute Gasteiger partial charge is 0.368 e. The van der Waals surface area contributed by atoms with Crippen LogP contribution in [0.4, 0.5) is 0 Å². The van der Waals surface area contributed by atoms with Crippen molar-refractivity contribution in [3.8, 4) is 0 Å². The number of likely N-dealkylation sites (N-methyl/N-ethyl adjacent to an activating group) is 1. The van der Waals surface area contributed by atoms with Crippen LogP contribution in [0.25, 0.3) is 10.9 Å². The van der Waals surface area contributed by atoms with Gasteiger partial charge in [-0.2, -0.15) is 0 Å². The van der Waals surface area contributed by atoms with Gasteiger partial charge in [0.25, 0.3) is 0 Å². The molecule has 0 radical (unpaired) electrons. The first kappa shape index (κ1) is 28.5. The highest BCUT2D eigenvalue weighted by atomic mass is 15.2. The number of hydrogen-bond acceptors (Lipinski definition) is 5. The first-order valence-electron chi connectivity index (χ1n) is 12.0. The van der Waals surface area contributed by atoms with Gasteiger partial charge in [0.1, 0.15) is 0 Å². The first-order chi connectivity index (χ1) is 16.0. The monoisotopic (exact) mass is 454 g/mol. The summed E-state index contributed by atoms with van der Waals surface area (Å²) in [6.07, 6.45) is 4.73. The van der Waals surface area contributed by atoms with Crippen LogP contribution in [0.15, 0.2) is 62.0 Å². The van der Waals surface area contributed by atoms with E-state index in [1.54, 1.807) is 0 Å². The van der Waals surface area contributed by atoms with E-state index in [1.807, 2.05) is 0 Å². The van der Waals surface area contributed by atoms with Gasteiger partial charge in [0.05, 0.1) is 12.4 Å². The number of likely N-dealkylation sites (tertiary alicyclic amines) is 1. The normalized spacial score (nSPS) is 17.6. The third kappa shape index (κ3) is 10.3. The summed E-state index contributed by atoms with van der Waals surface area (Å²) < 4.78 is 0. The van der Waals surface area contributed by atoms with E-state index in [1.165, 1.54) is 60.6 Å².